The lowest BCUT2D eigenvalue weighted by Gasteiger charge is -2.10. The summed E-state index contributed by atoms with van der Waals surface area (Å²) in [4.78, 5) is 15.7. The second kappa shape index (κ2) is 4.70. The van der Waals surface area contributed by atoms with Gasteiger partial charge in [0.2, 0.25) is 0 Å². The summed E-state index contributed by atoms with van der Waals surface area (Å²) < 4.78 is 1.99. The third-order valence-electron chi connectivity index (χ3n) is 1.98. The molecular weight excluding hydrogens is 248 g/mol. The van der Waals surface area contributed by atoms with Crippen LogP contribution in [-0.4, -0.2) is 21.3 Å². The van der Waals surface area contributed by atoms with Crippen molar-refractivity contribution in [1.82, 2.24) is 9.55 Å². The van der Waals surface area contributed by atoms with Crippen LogP contribution in [0.2, 0.25) is 0 Å². The van der Waals surface area contributed by atoms with E-state index in [-0.39, 0.29) is 18.1 Å². The number of aliphatic hydroxyl groups excluding tert-OH is 1. The molecule has 1 N–H and O–H groups in total. The number of nitrogens with zero attached hydrogens (tertiary/aromatic N) is 2. The molecule has 0 aliphatic carbocycles. The summed E-state index contributed by atoms with van der Waals surface area (Å²) in [6.07, 6.45) is 1.51. The van der Waals surface area contributed by atoms with Gasteiger partial charge >= 0.3 is 0 Å². The van der Waals surface area contributed by atoms with E-state index in [2.05, 4.69) is 20.9 Å². The summed E-state index contributed by atoms with van der Waals surface area (Å²) in [5.41, 5.74) is 0.584. The predicted molar refractivity (Wildman–Crippen MR) is 57.2 cm³/mol. The van der Waals surface area contributed by atoms with Gasteiger partial charge in [0, 0.05) is 13.2 Å². The molecule has 1 atom stereocenters. The molecule has 0 spiro atoms. The zero-order chi connectivity index (χ0) is 10.7. The van der Waals surface area contributed by atoms with E-state index in [4.69, 9.17) is 5.11 Å². The van der Waals surface area contributed by atoms with Crippen molar-refractivity contribution in [3.63, 3.8) is 0 Å². The molecule has 4 nitrogen and oxygen atoms in total. The zero-order valence-corrected chi connectivity index (χ0v) is 9.78. The van der Waals surface area contributed by atoms with Gasteiger partial charge in [-0.05, 0) is 28.8 Å². The van der Waals surface area contributed by atoms with Gasteiger partial charge < -0.3 is 5.11 Å². The third-order valence-corrected chi connectivity index (χ3v) is 2.89. The molecule has 78 valence electrons. The predicted octanol–water partition coefficient (Wildman–Crippen LogP) is 0.943. The van der Waals surface area contributed by atoms with Gasteiger partial charge in [0.15, 0.2) is 0 Å². The third kappa shape index (κ3) is 2.42. The molecule has 0 aliphatic heterocycles. The van der Waals surface area contributed by atoms with Crippen molar-refractivity contribution in [2.45, 2.75) is 20.4 Å². The van der Waals surface area contributed by atoms with Gasteiger partial charge in [0.25, 0.3) is 5.56 Å². The maximum absolute atomic E-state index is 11.6. The summed E-state index contributed by atoms with van der Waals surface area (Å²) in [6, 6.07) is 0. The van der Waals surface area contributed by atoms with Crippen molar-refractivity contribution in [2.75, 3.05) is 6.61 Å². The minimum absolute atomic E-state index is 0.0594. The number of aryl methyl sites for hydroxylation is 1. The molecule has 1 aromatic rings. The number of hydrogen-bond acceptors (Lipinski definition) is 3. The Bertz CT molecular complexity index is 376. The Balaban J connectivity index is 3.00. The van der Waals surface area contributed by atoms with Gasteiger partial charge in [0.1, 0.15) is 4.47 Å². The van der Waals surface area contributed by atoms with Crippen LogP contribution >= 0.6 is 15.9 Å². The Labute approximate surface area is 90.7 Å². The van der Waals surface area contributed by atoms with Crippen molar-refractivity contribution in [3.8, 4) is 0 Å². The fraction of sp³-hybridized carbons (Fsp3) is 0.556. The van der Waals surface area contributed by atoms with Crippen LogP contribution in [0.4, 0.5) is 0 Å². The average Bonchev–Trinajstić information content (AvgIpc) is 2.19. The van der Waals surface area contributed by atoms with Gasteiger partial charge in [-0.3, -0.25) is 9.36 Å². The highest BCUT2D eigenvalue weighted by Crippen LogP contribution is 2.07. The first-order valence-electron chi connectivity index (χ1n) is 4.38. The molecule has 0 saturated carbocycles. The van der Waals surface area contributed by atoms with E-state index < -0.39 is 0 Å². The standard InChI is InChI=1S/C9H13BrN2O2/c1-6(4-13)3-12-5-11-7(2)8(10)9(12)14/h5-6,13H,3-4H2,1-2H3. The van der Waals surface area contributed by atoms with Crippen molar-refractivity contribution in [2.24, 2.45) is 5.92 Å². The van der Waals surface area contributed by atoms with Crippen molar-refractivity contribution in [3.05, 3.63) is 26.8 Å². The first-order chi connectivity index (χ1) is 6.56. The molecule has 1 unspecified atom stereocenters. The minimum atomic E-state index is -0.0993. The maximum Gasteiger partial charge on any atom is 0.267 e. The highest BCUT2D eigenvalue weighted by Gasteiger charge is 2.07. The second-order valence-electron chi connectivity index (χ2n) is 3.39. The zero-order valence-electron chi connectivity index (χ0n) is 8.20. The van der Waals surface area contributed by atoms with E-state index in [0.29, 0.717) is 16.7 Å². The van der Waals surface area contributed by atoms with Crippen LogP contribution in [0.1, 0.15) is 12.6 Å². The van der Waals surface area contributed by atoms with E-state index in [0.717, 1.165) is 0 Å². The minimum Gasteiger partial charge on any atom is -0.396 e. The molecule has 0 amide bonds. The molecular formula is C9H13BrN2O2. The molecule has 1 rings (SSSR count). The van der Waals surface area contributed by atoms with Gasteiger partial charge in [-0.25, -0.2) is 4.98 Å². The fourth-order valence-corrected chi connectivity index (χ4v) is 1.40. The second-order valence-corrected chi connectivity index (χ2v) is 4.18. The Morgan fingerprint density at radius 3 is 2.93 bits per heavy atom. The number of aromatic nitrogens is 2. The van der Waals surface area contributed by atoms with E-state index >= 15 is 0 Å². The monoisotopic (exact) mass is 260 g/mol. The SMILES string of the molecule is Cc1ncn(CC(C)CO)c(=O)c1Br. The van der Waals surface area contributed by atoms with Gasteiger partial charge in [-0.2, -0.15) is 0 Å². The number of hydrogen-bond donors (Lipinski definition) is 1. The first-order valence-corrected chi connectivity index (χ1v) is 5.18. The number of halogens is 1. The highest BCUT2D eigenvalue weighted by molar-refractivity contribution is 9.10. The molecule has 0 fully saturated rings. The van der Waals surface area contributed by atoms with Gasteiger partial charge in [-0.15, -0.1) is 0 Å². The normalized spacial score (nSPS) is 12.9. The van der Waals surface area contributed by atoms with E-state index in [1.165, 1.54) is 10.9 Å². The molecule has 1 aromatic heterocycles. The van der Waals surface area contributed by atoms with Gasteiger partial charge in [-0.1, -0.05) is 6.92 Å². The molecule has 14 heavy (non-hydrogen) atoms. The molecule has 0 radical (unpaired) electrons. The van der Waals surface area contributed by atoms with Crippen molar-refractivity contribution >= 4 is 15.9 Å². The Hall–Kier alpha value is -0.680. The topological polar surface area (TPSA) is 55.1 Å². The Morgan fingerprint density at radius 2 is 2.36 bits per heavy atom. The van der Waals surface area contributed by atoms with Crippen LogP contribution in [0.3, 0.4) is 0 Å². The Kier molecular flexibility index (Phi) is 3.83. The molecule has 0 bridgehead atoms. The number of aliphatic hydroxyl groups is 1. The van der Waals surface area contributed by atoms with Crippen LogP contribution in [0.5, 0.6) is 0 Å². The lowest BCUT2D eigenvalue weighted by atomic mass is 10.2. The first kappa shape index (κ1) is 11.4. The summed E-state index contributed by atoms with van der Waals surface area (Å²) in [7, 11) is 0. The van der Waals surface area contributed by atoms with E-state index in [9.17, 15) is 4.79 Å². The fourth-order valence-electron chi connectivity index (χ4n) is 1.07. The molecule has 0 saturated heterocycles. The highest BCUT2D eigenvalue weighted by atomic mass is 79.9. The van der Waals surface area contributed by atoms with Gasteiger partial charge in [0.05, 0.1) is 12.0 Å². The Morgan fingerprint density at radius 1 is 1.71 bits per heavy atom. The van der Waals surface area contributed by atoms with E-state index in [1.807, 2.05) is 6.92 Å². The van der Waals surface area contributed by atoms with Crippen LogP contribution < -0.4 is 5.56 Å². The smallest absolute Gasteiger partial charge is 0.267 e. The van der Waals surface area contributed by atoms with Crippen LogP contribution in [0, 0.1) is 12.8 Å². The quantitative estimate of drug-likeness (QED) is 0.881. The largest absolute Gasteiger partial charge is 0.396 e. The van der Waals surface area contributed by atoms with Crippen molar-refractivity contribution in [1.29, 1.82) is 0 Å². The molecule has 1 heterocycles. The molecule has 0 aromatic carbocycles. The molecule has 0 aliphatic rings. The lowest BCUT2D eigenvalue weighted by molar-refractivity contribution is 0.221. The summed E-state index contributed by atoms with van der Waals surface area (Å²) >= 11 is 3.18. The van der Waals surface area contributed by atoms with Crippen LogP contribution in [0.25, 0.3) is 0 Å². The summed E-state index contributed by atoms with van der Waals surface area (Å²) in [6.45, 7) is 4.20. The average molecular weight is 261 g/mol. The summed E-state index contributed by atoms with van der Waals surface area (Å²) in [5.74, 6) is 0.0594. The van der Waals surface area contributed by atoms with Crippen LogP contribution in [-0.2, 0) is 6.54 Å². The summed E-state index contributed by atoms with van der Waals surface area (Å²) in [5, 5.41) is 8.86. The lowest BCUT2D eigenvalue weighted by Crippen LogP contribution is -2.25. The number of rotatable bonds is 3. The van der Waals surface area contributed by atoms with E-state index in [1.54, 1.807) is 6.92 Å². The van der Waals surface area contributed by atoms with Crippen LogP contribution in [0.15, 0.2) is 15.6 Å². The molecule has 5 heteroatoms. The maximum atomic E-state index is 11.6. The van der Waals surface area contributed by atoms with Crippen molar-refractivity contribution < 1.29 is 5.11 Å².